The zero-order valence-corrected chi connectivity index (χ0v) is 12.8. The maximum atomic E-state index is 10.8. The number of aromatic nitrogens is 1. The van der Waals surface area contributed by atoms with Crippen molar-refractivity contribution in [2.75, 3.05) is 0 Å². The standard InChI is InChI=1S/C15H9N3O5S/c19-13-4-1-9(7-12(13)18(22)23)2-6-15-16-11-8-10(17(20)21)3-5-14(11)24-15/h1-8,19H/b6-2+. The maximum Gasteiger partial charge on any atom is 0.311 e. The number of non-ortho nitro benzene ring substituents is 1. The Morgan fingerprint density at radius 3 is 2.54 bits per heavy atom. The Balaban J connectivity index is 1.92. The van der Waals surface area contributed by atoms with Gasteiger partial charge in [0.05, 0.1) is 20.1 Å². The first kappa shape index (κ1) is 15.6. The lowest BCUT2D eigenvalue weighted by Crippen LogP contribution is -1.88. The highest BCUT2D eigenvalue weighted by Gasteiger charge is 2.13. The molecule has 3 rings (SSSR count). The van der Waals surface area contributed by atoms with Crippen molar-refractivity contribution < 1.29 is 15.0 Å². The maximum absolute atomic E-state index is 10.8. The predicted molar refractivity (Wildman–Crippen MR) is 90.0 cm³/mol. The average molecular weight is 343 g/mol. The average Bonchev–Trinajstić information content (AvgIpc) is 2.95. The molecule has 1 heterocycles. The molecule has 0 bridgehead atoms. The van der Waals surface area contributed by atoms with Gasteiger partial charge in [0.15, 0.2) is 5.75 Å². The number of fused-ring (bicyclic) bond motifs is 1. The Bertz CT molecular complexity index is 996. The van der Waals surface area contributed by atoms with Gasteiger partial charge in [0.1, 0.15) is 5.01 Å². The number of hydrogen-bond donors (Lipinski definition) is 1. The summed E-state index contributed by atoms with van der Waals surface area (Å²) in [4.78, 5) is 24.7. The topological polar surface area (TPSA) is 119 Å². The van der Waals surface area contributed by atoms with Crippen LogP contribution in [-0.4, -0.2) is 19.9 Å². The molecule has 8 nitrogen and oxygen atoms in total. The molecule has 0 aliphatic carbocycles. The molecular formula is C15H9N3O5S. The highest BCUT2D eigenvalue weighted by Crippen LogP contribution is 2.29. The van der Waals surface area contributed by atoms with Gasteiger partial charge in [-0.1, -0.05) is 12.1 Å². The fraction of sp³-hybridized carbons (Fsp3) is 0. The van der Waals surface area contributed by atoms with E-state index < -0.39 is 15.6 Å². The van der Waals surface area contributed by atoms with Crippen LogP contribution < -0.4 is 0 Å². The first-order valence-electron chi connectivity index (χ1n) is 6.64. The van der Waals surface area contributed by atoms with Crippen molar-refractivity contribution in [1.82, 2.24) is 4.98 Å². The normalized spacial score (nSPS) is 11.2. The second-order valence-corrected chi connectivity index (χ2v) is 5.86. The van der Waals surface area contributed by atoms with Gasteiger partial charge in [-0.05, 0) is 23.8 Å². The van der Waals surface area contributed by atoms with Gasteiger partial charge in [0.25, 0.3) is 5.69 Å². The van der Waals surface area contributed by atoms with Crippen LogP contribution in [0.15, 0.2) is 36.4 Å². The van der Waals surface area contributed by atoms with E-state index >= 15 is 0 Å². The highest BCUT2D eigenvalue weighted by molar-refractivity contribution is 7.19. The Morgan fingerprint density at radius 1 is 1.04 bits per heavy atom. The molecule has 120 valence electrons. The molecule has 0 saturated carbocycles. The number of nitro benzene ring substituents is 2. The summed E-state index contributed by atoms with van der Waals surface area (Å²) in [7, 11) is 0. The monoisotopic (exact) mass is 343 g/mol. The zero-order valence-electron chi connectivity index (χ0n) is 11.9. The molecule has 0 amide bonds. The molecular weight excluding hydrogens is 334 g/mol. The van der Waals surface area contributed by atoms with E-state index in [0.29, 0.717) is 16.1 Å². The van der Waals surface area contributed by atoms with Crippen molar-refractivity contribution in [2.45, 2.75) is 0 Å². The fourth-order valence-electron chi connectivity index (χ4n) is 2.08. The van der Waals surface area contributed by atoms with Crippen LogP contribution in [0.4, 0.5) is 11.4 Å². The first-order valence-corrected chi connectivity index (χ1v) is 7.46. The Labute approximate surface area is 138 Å². The van der Waals surface area contributed by atoms with E-state index in [4.69, 9.17) is 0 Å². The minimum atomic E-state index is -0.663. The summed E-state index contributed by atoms with van der Waals surface area (Å²) in [6, 6.07) is 8.49. The van der Waals surface area contributed by atoms with Gasteiger partial charge in [-0.25, -0.2) is 4.98 Å². The summed E-state index contributed by atoms with van der Waals surface area (Å²) in [6.07, 6.45) is 3.28. The van der Waals surface area contributed by atoms with Crippen LogP contribution in [0.25, 0.3) is 22.4 Å². The van der Waals surface area contributed by atoms with Gasteiger partial charge >= 0.3 is 5.69 Å². The molecule has 0 spiro atoms. The molecule has 0 radical (unpaired) electrons. The Morgan fingerprint density at radius 2 is 1.83 bits per heavy atom. The minimum absolute atomic E-state index is 0.0301. The van der Waals surface area contributed by atoms with Gasteiger partial charge in [-0.3, -0.25) is 20.2 Å². The van der Waals surface area contributed by atoms with E-state index in [0.717, 1.165) is 4.70 Å². The third-order valence-electron chi connectivity index (χ3n) is 3.21. The number of phenols is 1. The predicted octanol–water partition coefficient (Wildman–Crippen LogP) is 3.99. The molecule has 0 atom stereocenters. The number of aromatic hydroxyl groups is 1. The second-order valence-electron chi connectivity index (χ2n) is 4.80. The number of nitrogens with zero attached hydrogens (tertiary/aromatic N) is 3. The van der Waals surface area contributed by atoms with E-state index in [9.17, 15) is 25.3 Å². The SMILES string of the molecule is O=[N+]([O-])c1ccc2sc(/C=C/c3ccc(O)c([N+](=O)[O-])c3)nc2c1. The number of thiazole rings is 1. The molecule has 0 fully saturated rings. The molecule has 3 aromatic rings. The van der Waals surface area contributed by atoms with Crippen molar-refractivity contribution in [1.29, 1.82) is 0 Å². The smallest absolute Gasteiger partial charge is 0.311 e. The van der Waals surface area contributed by atoms with Crippen molar-refractivity contribution in [3.8, 4) is 5.75 Å². The molecule has 2 aromatic carbocycles. The highest BCUT2D eigenvalue weighted by atomic mass is 32.1. The Hall–Kier alpha value is -3.33. The van der Waals surface area contributed by atoms with E-state index in [1.807, 2.05) is 0 Å². The van der Waals surface area contributed by atoms with Gasteiger partial charge < -0.3 is 5.11 Å². The number of rotatable bonds is 4. The molecule has 1 N–H and O–H groups in total. The van der Waals surface area contributed by atoms with Gasteiger partial charge in [0, 0.05) is 18.2 Å². The third kappa shape index (κ3) is 3.06. The van der Waals surface area contributed by atoms with Crippen LogP contribution in [0.2, 0.25) is 0 Å². The molecule has 24 heavy (non-hydrogen) atoms. The lowest BCUT2D eigenvalue weighted by atomic mass is 10.2. The zero-order chi connectivity index (χ0) is 17.3. The van der Waals surface area contributed by atoms with Crippen LogP contribution in [0.1, 0.15) is 10.6 Å². The van der Waals surface area contributed by atoms with Crippen molar-refractivity contribution in [3.63, 3.8) is 0 Å². The summed E-state index contributed by atoms with van der Waals surface area (Å²) < 4.78 is 0.803. The molecule has 1 aromatic heterocycles. The largest absolute Gasteiger partial charge is 0.502 e. The van der Waals surface area contributed by atoms with Crippen LogP contribution >= 0.6 is 11.3 Å². The van der Waals surface area contributed by atoms with E-state index in [1.165, 1.54) is 41.7 Å². The van der Waals surface area contributed by atoms with Crippen LogP contribution in [-0.2, 0) is 0 Å². The first-order chi connectivity index (χ1) is 11.4. The third-order valence-corrected chi connectivity index (χ3v) is 4.21. The van der Waals surface area contributed by atoms with Gasteiger partial charge in [-0.2, -0.15) is 0 Å². The number of phenolic OH excluding ortho intramolecular Hbond substituents is 1. The number of nitro groups is 2. The molecule has 9 heteroatoms. The summed E-state index contributed by atoms with van der Waals surface area (Å²) in [5.41, 5.74) is 0.643. The Kier molecular flexibility index (Phi) is 3.92. The quantitative estimate of drug-likeness (QED) is 0.565. The van der Waals surface area contributed by atoms with Crippen molar-refractivity contribution in [2.24, 2.45) is 0 Å². The van der Waals surface area contributed by atoms with Crippen LogP contribution in [0.3, 0.4) is 0 Å². The number of hydrogen-bond acceptors (Lipinski definition) is 7. The second kappa shape index (κ2) is 6.05. The van der Waals surface area contributed by atoms with Gasteiger partial charge in [-0.15, -0.1) is 11.3 Å². The lowest BCUT2D eigenvalue weighted by Gasteiger charge is -1.97. The van der Waals surface area contributed by atoms with Crippen LogP contribution in [0.5, 0.6) is 5.75 Å². The molecule has 0 aliphatic heterocycles. The molecule has 0 unspecified atom stereocenters. The number of benzene rings is 2. The minimum Gasteiger partial charge on any atom is -0.502 e. The van der Waals surface area contributed by atoms with Crippen molar-refractivity contribution >= 4 is 45.1 Å². The molecule has 0 saturated heterocycles. The van der Waals surface area contributed by atoms with Gasteiger partial charge in [0.2, 0.25) is 0 Å². The summed E-state index contributed by atoms with van der Waals surface area (Å²) >= 11 is 1.35. The van der Waals surface area contributed by atoms with Crippen molar-refractivity contribution in [3.05, 3.63) is 67.2 Å². The lowest BCUT2D eigenvalue weighted by molar-refractivity contribution is -0.385. The molecule has 0 aliphatic rings. The summed E-state index contributed by atoms with van der Waals surface area (Å²) in [5.74, 6) is -0.399. The summed E-state index contributed by atoms with van der Waals surface area (Å²) in [5, 5.41) is 31.6. The van der Waals surface area contributed by atoms with E-state index in [2.05, 4.69) is 4.98 Å². The summed E-state index contributed by atoms with van der Waals surface area (Å²) in [6.45, 7) is 0. The fourth-order valence-corrected chi connectivity index (χ4v) is 2.93. The van der Waals surface area contributed by atoms with Crippen LogP contribution in [0, 0.1) is 20.2 Å². The van der Waals surface area contributed by atoms with E-state index in [1.54, 1.807) is 18.2 Å². The van der Waals surface area contributed by atoms with E-state index in [-0.39, 0.29) is 11.4 Å².